The second-order valence-electron chi connectivity index (χ2n) is 4.98. The van der Waals surface area contributed by atoms with E-state index in [1.165, 1.54) is 12.1 Å². The summed E-state index contributed by atoms with van der Waals surface area (Å²) in [5, 5.41) is 3.01. The molecular weight excluding hydrogens is 231 g/mol. The summed E-state index contributed by atoms with van der Waals surface area (Å²) in [4.78, 5) is 11.8. The van der Waals surface area contributed by atoms with Crippen molar-refractivity contribution >= 4 is 5.91 Å². The number of halogens is 1. The molecule has 98 valence electrons. The van der Waals surface area contributed by atoms with E-state index in [0.29, 0.717) is 6.42 Å². The van der Waals surface area contributed by atoms with Crippen LogP contribution in [0.1, 0.15) is 31.2 Å². The summed E-state index contributed by atoms with van der Waals surface area (Å²) < 4.78 is 12.7. The summed E-state index contributed by atoms with van der Waals surface area (Å²) in [5.74, 6) is -0.275. The van der Waals surface area contributed by atoms with Crippen LogP contribution in [0.3, 0.4) is 0 Å². The van der Waals surface area contributed by atoms with Crippen molar-refractivity contribution in [3.63, 3.8) is 0 Å². The van der Waals surface area contributed by atoms with E-state index in [-0.39, 0.29) is 23.8 Å². The summed E-state index contributed by atoms with van der Waals surface area (Å²) in [6.45, 7) is 0. The highest BCUT2D eigenvalue weighted by Crippen LogP contribution is 2.17. The van der Waals surface area contributed by atoms with E-state index in [0.717, 1.165) is 31.2 Å². The molecule has 3 nitrogen and oxygen atoms in total. The number of rotatable bonds is 3. The Hall–Kier alpha value is -1.42. The first-order chi connectivity index (χ1) is 8.63. The second kappa shape index (κ2) is 5.96. The van der Waals surface area contributed by atoms with Crippen molar-refractivity contribution in [3.05, 3.63) is 35.6 Å². The quantitative estimate of drug-likeness (QED) is 0.858. The molecular formula is C14H19FN2O. The van der Waals surface area contributed by atoms with Gasteiger partial charge in [0.05, 0.1) is 6.42 Å². The first-order valence-electron chi connectivity index (χ1n) is 6.43. The Kier molecular flexibility index (Phi) is 4.31. The zero-order valence-corrected chi connectivity index (χ0v) is 10.4. The smallest absolute Gasteiger partial charge is 0.224 e. The van der Waals surface area contributed by atoms with Gasteiger partial charge in [-0.25, -0.2) is 4.39 Å². The van der Waals surface area contributed by atoms with E-state index < -0.39 is 0 Å². The Morgan fingerprint density at radius 3 is 2.44 bits per heavy atom. The van der Waals surface area contributed by atoms with Gasteiger partial charge in [0.2, 0.25) is 5.91 Å². The largest absolute Gasteiger partial charge is 0.353 e. The zero-order valence-electron chi connectivity index (χ0n) is 10.4. The van der Waals surface area contributed by atoms with Gasteiger partial charge in [0.15, 0.2) is 0 Å². The molecule has 1 aromatic rings. The molecule has 1 aliphatic carbocycles. The van der Waals surface area contributed by atoms with Gasteiger partial charge in [0.1, 0.15) is 5.82 Å². The minimum absolute atomic E-state index is 0.00193. The molecule has 0 saturated heterocycles. The lowest BCUT2D eigenvalue weighted by atomic mass is 9.91. The normalized spacial score (nSPS) is 23.7. The number of nitrogens with one attached hydrogen (secondary N) is 1. The van der Waals surface area contributed by atoms with Crippen LogP contribution in [0, 0.1) is 5.82 Å². The highest BCUT2D eigenvalue weighted by atomic mass is 19.1. The number of carbonyl (C=O) groups is 1. The lowest BCUT2D eigenvalue weighted by Crippen LogP contribution is -2.41. The number of hydrogen-bond acceptors (Lipinski definition) is 2. The summed E-state index contributed by atoms with van der Waals surface area (Å²) in [5.41, 5.74) is 6.65. The molecule has 1 fully saturated rings. The van der Waals surface area contributed by atoms with Gasteiger partial charge in [-0.15, -0.1) is 0 Å². The van der Waals surface area contributed by atoms with Crippen LogP contribution in [-0.2, 0) is 11.2 Å². The van der Waals surface area contributed by atoms with Crippen LogP contribution in [0.4, 0.5) is 4.39 Å². The maximum absolute atomic E-state index is 12.7. The fourth-order valence-electron chi connectivity index (χ4n) is 2.33. The third kappa shape index (κ3) is 3.81. The molecule has 1 aliphatic rings. The van der Waals surface area contributed by atoms with Gasteiger partial charge >= 0.3 is 0 Å². The minimum atomic E-state index is -0.277. The first kappa shape index (κ1) is 13.0. The zero-order chi connectivity index (χ0) is 13.0. The molecule has 0 spiro atoms. The lowest BCUT2D eigenvalue weighted by Gasteiger charge is -2.26. The van der Waals surface area contributed by atoms with Gasteiger partial charge in [0.25, 0.3) is 0 Å². The van der Waals surface area contributed by atoms with Crippen molar-refractivity contribution in [2.24, 2.45) is 5.73 Å². The average Bonchev–Trinajstić information content (AvgIpc) is 2.35. The van der Waals surface area contributed by atoms with Gasteiger partial charge in [-0.05, 0) is 43.4 Å². The molecule has 0 heterocycles. The van der Waals surface area contributed by atoms with Crippen molar-refractivity contribution in [1.29, 1.82) is 0 Å². The molecule has 1 amide bonds. The summed E-state index contributed by atoms with van der Waals surface area (Å²) in [6, 6.07) is 6.58. The van der Waals surface area contributed by atoms with Crippen LogP contribution < -0.4 is 11.1 Å². The number of benzene rings is 1. The third-order valence-electron chi connectivity index (χ3n) is 3.41. The van der Waals surface area contributed by atoms with Crippen molar-refractivity contribution in [2.75, 3.05) is 0 Å². The predicted molar refractivity (Wildman–Crippen MR) is 68.5 cm³/mol. The van der Waals surface area contributed by atoms with Gasteiger partial charge in [-0.1, -0.05) is 12.1 Å². The topological polar surface area (TPSA) is 55.1 Å². The number of hydrogen-bond donors (Lipinski definition) is 2. The molecule has 1 aromatic carbocycles. The molecule has 0 aromatic heterocycles. The molecule has 0 unspecified atom stereocenters. The Labute approximate surface area is 107 Å². The van der Waals surface area contributed by atoms with Crippen molar-refractivity contribution in [1.82, 2.24) is 5.32 Å². The Morgan fingerprint density at radius 2 is 1.83 bits per heavy atom. The van der Waals surface area contributed by atoms with Crippen LogP contribution >= 0.6 is 0 Å². The van der Waals surface area contributed by atoms with Crippen LogP contribution in [-0.4, -0.2) is 18.0 Å². The molecule has 0 atom stereocenters. The Morgan fingerprint density at radius 1 is 1.22 bits per heavy atom. The van der Waals surface area contributed by atoms with Crippen LogP contribution in [0.25, 0.3) is 0 Å². The van der Waals surface area contributed by atoms with Gasteiger partial charge in [0, 0.05) is 12.1 Å². The van der Waals surface area contributed by atoms with Gasteiger partial charge in [-0.3, -0.25) is 4.79 Å². The predicted octanol–water partition coefficient (Wildman–Crippen LogP) is 1.75. The van der Waals surface area contributed by atoms with Crippen molar-refractivity contribution in [3.8, 4) is 0 Å². The van der Waals surface area contributed by atoms with E-state index >= 15 is 0 Å². The molecule has 0 aliphatic heterocycles. The second-order valence-corrected chi connectivity index (χ2v) is 4.98. The highest BCUT2D eigenvalue weighted by Gasteiger charge is 2.19. The Bertz CT molecular complexity index is 397. The fraction of sp³-hybridized carbons (Fsp3) is 0.500. The maximum atomic E-state index is 12.7. The van der Waals surface area contributed by atoms with Gasteiger partial charge in [-0.2, -0.15) is 0 Å². The molecule has 18 heavy (non-hydrogen) atoms. The standard InChI is InChI=1S/C14H19FN2O/c15-11-3-1-10(2-4-11)9-14(18)17-13-7-5-12(16)6-8-13/h1-4,12-13H,5-9,16H2,(H,17,18). The monoisotopic (exact) mass is 250 g/mol. The average molecular weight is 250 g/mol. The molecule has 0 radical (unpaired) electrons. The van der Waals surface area contributed by atoms with E-state index in [2.05, 4.69) is 5.32 Å². The highest BCUT2D eigenvalue weighted by molar-refractivity contribution is 5.78. The van der Waals surface area contributed by atoms with E-state index in [1.54, 1.807) is 12.1 Å². The van der Waals surface area contributed by atoms with Crippen molar-refractivity contribution < 1.29 is 9.18 Å². The minimum Gasteiger partial charge on any atom is -0.353 e. The molecule has 4 heteroatoms. The maximum Gasteiger partial charge on any atom is 0.224 e. The Balaban J connectivity index is 1.80. The van der Waals surface area contributed by atoms with Gasteiger partial charge < -0.3 is 11.1 Å². The molecule has 3 N–H and O–H groups in total. The van der Waals surface area contributed by atoms with Crippen LogP contribution in [0.2, 0.25) is 0 Å². The molecule has 2 rings (SSSR count). The van der Waals surface area contributed by atoms with E-state index in [4.69, 9.17) is 5.73 Å². The number of carbonyl (C=O) groups excluding carboxylic acids is 1. The summed E-state index contributed by atoms with van der Waals surface area (Å²) in [7, 11) is 0. The summed E-state index contributed by atoms with van der Waals surface area (Å²) >= 11 is 0. The number of nitrogens with two attached hydrogens (primary N) is 1. The molecule has 1 saturated carbocycles. The van der Waals surface area contributed by atoms with Crippen LogP contribution in [0.5, 0.6) is 0 Å². The van der Waals surface area contributed by atoms with Crippen LogP contribution in [0.15, 0.2) is 24.3 Å². The SMILES string of the molecule is NC1CCC(NC(=O)Cc2ccc(F)cc2)CC1. The number of amides is 1. The van der Waals surface area contributed by atoms with E-state index in [9.17, 15) is 9.18 Å². The first-order valence-corrected chi connectivity index (χ1v) is 6.43. The third-order valence-corrected chi connectivity index (χ3v) is 3.41. The lowest BCUT2D eigenvalue weighted by molar-refractivity contribution is -0.121. The summed E-state index contributed by atoms with van der Waals surface area (Å²) in [6.07, 6.45) is 4.17. The molecule has 0 bridgehead atoms. The van der Waals surface area contributed by atoms with Crippen molar-refractivity contribution in [2.45, 2.75) is 44.2 Å². The van der Waals surface area contributed by atoms with E-state index in [1.807, 2.05) is 0 Å². The fourth-order valence-corrected chi connectivity index (χ4v) is 2.33.